The highest BCUT2D eigenvalue weighted by Crippen LogP contribution is 2.39. The van der Waals surface area contributed by atoms with Gasteiger partial charge in [0, 0.05) is 22.3 Å². The molecular weight excluding hydrogens is 282 g/mol. The number of ether oxygens (including phenoxy) is 1. The number of aryl methyl sites for hydroxylation is 1. The van der Waals surface area contributed by atoms with E-state index in [1.165, 1.54) is 10.5 Å². The second-order valence-corrected chi connectivity index (χ2v) is 6.30. The molecule has 0 bridgehead atoms. The fourth-order valence-electron chi connectivity index (χ4n) is 2.47. The van der Waals surface area contributed by atoms with E-state index >= 15 is 0 Å². The minimum atomic E-state index is -0.342. The van der Waals surface area contributed by atoms with Crippen LogP contribution in [0.2, 0.25) is 0 Å². The number of carbonyl (C=O) groups is 1. The van der Waals surface area contributed by atoms with Crippen molar-refractivity contribution in [2.75, 3.05) is 18.1 Å². The maximum atomic E-state index is 12.2. The third-order valence-electron chi connectivity index (χ3n) is 3.64. The second kappa shape index (κ2) is 5.82. The van der Waals surface area contributed by atoms with Crippen molar-refractivity contribution in [1.29, 1.82) is 0 Å². The summed E-state index contributed by atoms with van der Waals surface area (Å²) in [5, 5.41) is 0. The number of benzene rings is 2. The van der Waals surface area contributed by atoms with Crippen molar-refractivity contribution in [2.24, 2.45) is 0 Å². The maximum absolute atomic E-state index is 12.2. The molecular formula is C17H17NO2S. The van der Waals surface area contributed by atoms with Crippen molar-refractivity contribution in [3.8, 4) is 0 Å². The van der Waals surface area contributed by atoms with Crippen molar-refractivity contribution in [2.45, 2.75) is 17.7 Å². The highest BCUT2D eigenvalue weighted by molar-refractivity contribution is 7.99. The Morgan fingerprint density at radius 3 is 3.00 bits per heavy atom. The molecule has 0 amide bonds. The van der Waals surface area contributed by atoms with Gasteiger partial charge in [-0.3, -0.25) is 0 Å². The largest absolute Gasteiger partial charge is 0.461 e. The first-order valence-electron chi connectivity index (χ1n) is 6.90. The number of esters is 1. The Morgan fingerprint density at radius 2 is 2.14 bits per heavy atom. The van der Waals surface area contributed by atoms with Gasteiger partial charge in [-0.05, 0) is 30.7 Å². The van der Waals surface area contributed by atoms with Crippen LogP contribution >= 0.6 is 11.8 Å². The molecule has 3 nitrogen and oxygen atoms in total. The molecule has 3 rings (SSSR count). The predicted molar refractivity (Wildman–Crippen MR) is 85.8 cm³/mol. The summed E-state index contributed by atoms with van der Waals surface area (Å²) in [5.41, 5.74) is 9.03. The summed E-state index contributed by atoms with van der Waals surface area (Å²) in [4.78, 5) is 13.5. The summed E-state index contributed by atoms with van der Waals surface area (Å²) >= 11 is 1.81. The zero-order valence-electron chi connectivity index (χ0n) is 11.8. The molecule has 0 fully saturated rings. The number of hydrogen-bond acceptors (Lipinski definition) is 4. The SMILES string of the molecule is Cc1ccc(N)c(C(=O)OCC2CSc3ccccc32)c1. The molecule has 0 saturated heterocycles. The molecule has 4 heteroatoms. The smallest absolute Gasteiger partial charge is 0.340 e. The highest BCUT2D eigenvalue weighted by Gasteiger charge is 2.24. The van der Waals surface area contributed by atoms with Gasteiger partial charge in [0.05, 0.1) is 12.2 Å². The van der Waals surface area contributed by atoms with E-state index < -0.39 is 0 Å². The zero-order valence-corrected chi connectivity index (χ0v) is 12.7. The van der Waals surface area contributed by atoms with Crippen LogP contribution in [0.4, 0.5) is 5.69 Å². The lowest BCUT2D eigenvalue weighted by molar-refractivity contribution is 0.0488. The van der Waals surface area contributed by atoms with Gasteiger partial charge in [0.25, 0.3) is 0 Å². The van der Waals surface area contributed by atoms with Crippen molar-refractivity contribution in [1.82, 2.24) is 0 Å². The monoisotopic (exact) mass is 299 g/mol. The Balaban J connectivity index is 1.69. The van der Waals surface area contributed by atoms with Crippen molar-refractivity contribution in [3.05, 3.63) is 59.2 Å². The first-order chi connectivity index (χ1) is 10.1. The maximum Gasteiger partial charge on any atom is 0.340 e. The van der Waals surface area contributed by atoms with E-state index in [4.69, 9.17) is 10.5 Å². The number of fused-ring (bicyclic) bond motifs is 1. The van der Waals surface area contributed by atoms with Crippen LogP contribution in [-0.4, -0.2) is 18.3 Å². The molecule has 0 radical (unpaired) electrons. The average Bonchev–Trinajstić information content (AvgIpc) is 2.90. The highest BCUT2D eigenvalue weighted by atomic mass is 32.2. The molecule has 1 aliphatic heterocycles. The molecule has 1 aliphatic rings. The number of thioether (sulfide) groups is 1. The van der Waals surface area contributed by atoms with E-state index in [0.717, 1.165) is 11.3 Å². The number of nitrogens with two attached hydrogens (primary N) is 1. The Bertz CT molecular complexity index is 684. The summed E-state index contributed by atoms with van der Waals surface area (Å²) in [6.07, 6.45) is 0. The first-order valence-corrected chi connectivity index (χ1v) is 7.88. The molecule has 1 unspecified atom stereocenters. The summed E-state index contributed by atoms with van der Waals surface area (Å²) in [6, 6.07) is 13.7. The topological polar surface area (TPSA) is 52.3 Å². The van der Waals surface area contributed by atoms with Gasteiger partial charge in [0.15, 0.2) is 0 Å². The summed E-state index contributed by atoms with van der Waals surface area (Å²) < 4.78 is 5.47. The standard InChI is InChI=1S/C17H17NO2S/c1-11-6-7-15(18)14(8-11)17(19)20-9-12-10-21-16-5-3-2-4-13(12)16/h2-8,12H,9-10,18H2,1H3. The molecule has 2 N–H and O–H groups in total. The van der Waals surface area contributed by atoms with Gasteiger partial charge in [0.2, 0.25) is 0 Å². The van der Waals surface area contributed by atoms with E-state index in [2.05, 4.69) is 12.1 Å². The van der Waals surface area contributed by atoms with E-state index in [9.17, 15) is 4.79 Å². The molecule has 0 aromatic heterocycles. The number of carbonyl (C=O) groups excluding carboxylic acids is 1. The Labute approximate surface area is 128 Å². The lowest BCUT2D eigenvalue weighted by Gasteiger charge is -2.12. The van der Waals surface area contributed by atoms with Crippen molar-refractivity contribution >= 4 is 23.4 Å². The van der Waals surface area contributed by atoms with Gasteiger partial charge in [0.1, 0.15) is 0 Å². The third kappa shape index (κ3) is 2.90. The van der Waals surface area contributed by atoms with Gasteiger partial charge in [-0.25, -0.2) is 4.79 Å². The second-order valence-electron chi connectivity index (χ2n) is 5.23. The van der Waals surface area contributed by atoms with Crippen LogP contribution in [0.25, 0.3) is 0 Å². The molecule has 0 aliphatic carbocycles. The number of nitrogen functional groups attached to an aromatic ring is 1. The van der Waals surface area contributed by atoms with Crippen LogP contribution in [0.15, 0.2) is 47.4 Å². The molecule has 2 aromatic rings. The number of anilines is 1. The number of hydrogen-bond donors (Lipinski definition) is 1. The van der Waals surface area contributed by atoms with Crippen molar-refractivity contribution < 1.29 is 9.53 Å². The van der Waals surface area contributed by atoms with Gasteiger partial charge in [-0.15, -0.1) is 11.8 Å². The van der Waals surface area contributed by atoms with Crippen LogP contribution < -0.4 is 5.73 Å². The summed E-state index contributed by atoms with van der Waals surface area (Å²) in [5.74, 6) is 0.877. The fraction of sp³-hybridized carbons (Fsp3) is 0.235. The molecule has 1 atom stereocenters. The molecule has 21 heavy (non-hydrogen) atoms. The fourth-order valence-corrected chi connectivity index (χ4v) is 3.70. The lowest BCUT2D eigenvalue weighted by atomic mass is 10.0. The Morgan fingerprint density at radius 1 is 1.33 bits per heavy atom. The van der Waals surface area contributed by atoms with Crippen LogP contribution in [0.5, 0.6) is 0 Å². The van der Waals surface area contributed by atoms with Gasteiger partial charge in [-0.2, -0.15) is 0 Å². The first kappa shape index (κ1) is 14.0. The minimum absolute atomic E-state index is 0.265. The van der Waals surface area contributed by atoms with E-state index in [1.54, 1.807) is 12.1 Å². The predicted octanol–water partition coefficient (Wildman–Crippen LogP) is 3.62. The number of rotatable bonds is 3. The van der Waals surface area contributed by atoms with Crippen LogP contribution in [0, 0.1) is 6.92 Å². The van der Waals surface area contributed by atoms with E-state index in [-0.39, 0.29) is 11.9 Å². The average molecular weight is 299 g/mol. The van der Waals surface area contributed by atoms with Crippen molar-refractivity contribution in [3.63, 3.8) is 0 Å². The summed E-state index contributed by atoms with van der Waals surface area (Å²) in [6.45, 7) is 2.33. The quantitative estimate of drug-likeness (QED) is 0.694. The van der Waals surface area contributed by atoms with E-state index in [1.807, 2.05) is 36.9 Å². The molecule has 108 valence electrons. The minimum Gasteiger partial charge on any atom is -0.461 e. The molecule has 0 spiro atoms. The molecule has 0 saturated carbocycles. The molecule has 1 heterocycles. The Kier molecular flexibility index (Phi) is 3.88. The zero-order chi connectivity index (χ0) is 14.8. The van der Waals surface area contributed by atoms with Crippen LogP contribution in [-0.2, 0) is 4.74 Å². The normalized spacial score (nSPS) is 16.5. The van der Waals surface area contributed by atoms with Gasteiger partial charge < -0.3 is 10.5 Å². The lowest BCUT2D eigenvalue weighted by Crippen LogP contribution is -2.14. The Hall–Kier alpha value is -1.94. The van der Waals surface area contributed by atoms with E-state index in [0.29, 0.717) is 17.9 Å². The van der Waals surface area contributed by atoms with Crippen LogP contribution in [0.1, 0.15) is 27.4 Å². The third-order valence-corrected chi connectivity index (χ3v) is 4.90. The van der Waals surface area contributed by atoms with Gasteiger partial charge in [-0.1, -0.05) is 29.8 Å². The van der Waals surface area contributed by atoms with Gasteiger partial charge >= 0.3 is 5.97 Å². The molecule has 2 aromatic carbocycles. The summed E-state index contributed by atoms with van der Waals surface area (Å²) in [7, 11) is 0. The van der Waals surface area contributed by atoms with Crippen LogP contribution in [0.3, 0.4) is 0 Å².